The van der Waals surface area contributed by atoms with Gasteiger partial charge in [0.05, 0.1) is 13.7 Å². The van der Waals surface area contributed by atoms with Gasteiger partial charge < -0.3 is 14.8 Å². The molecule has 0 unspecified atom stereocenters. The molecule has 0 saturated heterocycles. The second-order valence-corrected chi connectivity index (χ2v) is 6.38. The fourth-order valence-electron chi connectivity index (χ4n) is 2.48. The first-order valence-corrected chi connectivity index (χ1v) is 8.56. The van der Waals surface area contributed by atoms with Crippen LogP contribution in [-0.4, -0.2) is 38.1 Å². The van der Waals surface area contributed by atoms with Gasteiger partial charge in [0.1, 0.15) is 0 Å². The molecule has 27 heavy (non-hydrogen) atoms. The van der Waals surface area contributed by atoms with Gasteiger partial charge in [-0.2, -0.15) is 8.78 Å². The number of carbonyl (C=O) groups excluding carboxylic acids is 1. The maximum absolute atomic E-state index is 12.4. The van der Waals surface area contributed by atoms with Gasteiger partial charge in [-0.1, -0.05) is 29.8 Å². The van der Waals surface area contributed by atoms with Crippen LogP contribution >= 0.6 is 11.6 Å². The van der Waals surface area contributed by atoms with Crippen molar-refractivity contribution in [2.75, 3.05) is 20.7 Å². The fourth-order valence-corrected chi connectivity index (χ4v) is 2.60. The van der Waals surface area contributed by atoms with Gasteiger partial charge in [0.15, 0.2) is 11.5 Å². The first-order chi connectivity index (χ1) is 12.9. The van der Waals surface area contributed by atoms with E-state index in [1.165, 1.54) is 13.2 Å². The molecule has 1 N–H and O–H groups in total. The van der Waals surface area contributed by atoms with E-state index < -0.39 is 6.61 Å². The average molecular weight is 399 g/mol. The van der Waals surface area contributed by atoms with Gasteiger partial charge in [0, 0.05) is 18.1 Å². The van der Waals surface area contributed by atoms with Gasteiger partial charge in [-0.05, 0) is 42.4 Å². The molecule has 0 fully saturated rings. The van der Waals surface area contributed by atoms with Gasteiger partial charge in [0.25, 0.3) is 0 Å². The highest BCUT2D eigenvalue weighted by Gasteiger charge is 2.13. The van der Waals surface area contributed by atoms with Crippen LogP contribution in [0, 0.1) is 0 Å². The number of hydrogen-bond acceptors (Lipinski definition) is 4. The molecule has 2 rings (SSSR count). The molecule has 0 bridgehead atoms. The lowest BCUT2D eigenvalue weighted by atomic mass is 10.2. The number of ether oxygens (including phenoxy) is 2. The number of nitrogens with zero attached hydrogens (tertiary/aromatic N) is 1. The molecule has 0 aliphatic rings. The summed E-state index contributed by atoms with van der Waals surface area (Å²) >= 11 is 5.83. The van der Waals surface area contributed by atoms with Crippen molar-refractivity contribution in [1.29, 1.82) is 0 Å². The van der Waals surface area contributed by atoms with E-state index in [2.05, 4.69) is 10.1 Å². The van der Waals surface area contributed by atoms with Crippen LogP contribution in [0.15, 0.2) is 42.5 Å². The van der Waals surface area contributed by atoms with E-state index in [9.17, 15) is 13.6 Å². The highest BCUT2D eigenvalue weighted by Crippen LogP contribution is 2.29. The largest absolute Gasteiger partial charge is 0.493 e. The third-order valence-electron chi connectivity index (χ3n) is 3.71. The number of likely N-dealkylation sites (N-methyl/N-ethyl adjacent to an activating group) is 1. The Balaban J connectivity index is 1.86. The van der Waals surface area contributed by atoms with E-state index in [0.29, 0.717) is 18.1 Å². The van der Waals surface area contributed by atoms with Crippen molar-refractivity contribution in [3.05, 3.63) is 58.6 Å². The molecule has 8 heteroatoms. The Morgan fingerprint density at radius 2 is 1.81 bits per heavy atom. The van der Waals surface area contributed by atoms with Crippen molar-refractivity contribution in [2.45, 2.75) is 19.7 Å². The molecule has 146 valence electrons. The molecular weight excluding hydrogens is 378 g/mol. The van der Waals surface area contributed by atoms with Crippen LogP contribution in [0.2, 0.25) is 5.02 Å². The summed E-state index contributed by atoms with van der Waals surface area (Å²) in [5.41, 5.74) is 1.76. The smallest absolute Gasteiger partial charge is 0.387 e. The third kappa shape index (κ3) is 7.03. The fraction of sp³-hybridized carbons (Fsp3) is 0.316. The Morgan fingerprint density at radius 3 is 2.44 bits per heavy atom. The molecule has 0 spiro atoms. The van der Waals surface area contributed by atoms with Crippen molar-refractivity contribution in [3.8, 4) is 11.5 Å². The lowest BCUT2D eigenvalue weighted by Gasteiger charge is -2.18. The number of alkyl halides is 2. The van der Waals surface area contributed by atoms with Crippen LogP contribution in [0.1, 0.15) is 11.1 Å². The Labute approximate surface area is 161 Å². The Hall–Kier alpha value is -2.38. The Kier molecular flexibility index (Phi) is 7.82. The van der Waals surface area contributed by atoms with Crippen molar-refractivity contribution in [2.24, 2.45) is 0 Å². The van der Waals surface area contributed by atoms with Crippen molar-refractivity contribution in [3.63, 3.8) is 0 Å². The molecule has 0 aliphatic carbocycles. The molecule has 5 nitrogen and oxygen atoms in total. The summed E-state index contributed by atoms with van der Waals surface area (Å²) in [7, 11) is 3.17. The standard InChI is InChI=1S/C19H21ClF2N2O3/c1-24(12-18(25)23-10-13-3-6-15(20)7-4-13)11-14-5-8-16(27-19(21)22)17(9-14)26-2/h3-9,19H,10-12H2,1-2H3,(H,23,25). The summed E-state index contributed by atoms with van der Waals surface area (Å²) in [5, 5.41) is 3.48. The van der Waals surface area contributed by atoms with E-state index in [-0.39, 0.29) is 24.0 Å². The van der Waals surface area contributed by atoms with Gasteiger partial charge in [-0.15, -0.1) is 0 Å². The van der Waals surface area contributed by atoms with Gasteiger partial charge >= 0.3 is 6.61 Å². The average Bonchev–Trinajstić information content (AvgIpc) is 2.62. The van der Waals surface area contributed by atoms with Crippen LogP contribution in [0.5, 0.6) is 11.5 Å². The zero-order chi connectivity index (χ0) is 19.8. The summed E-state index contributed by atoms with van der Waals surface area (Å²) in [6, 6.07) is 11.9. The van der Waals surface area contributed by atoms with Crippen LogP contribution < -0.4 is 14.8 Å². The Bertz CT molecular complexity index is 757. The summed E-state index contributed by atoms with van der Waals surface area (Å²) in [5.74, 6) is 0.0602. The predicted octanol–water partition coefficient (Wildman–Crippen LogP) is 3.70. The molecular formula is C19H21ClF2N2O3. The minimum atomic E-state index is -2.92. The third-order valence-corrected chi connectivity index (χ3v) is 3.97. The minimum absolute atomic E-state index is 0.0281. The lowest BCUT2D eigenvalue weighted by Crippen LogP contribution is -2.34. The van der Waals surface area contributed by atoms with Crippen molar-refractivity contribution >= 4 is 17.5 Å². The number of methoxy groups -OCH3 is 1. The predicted molar refractivity (Wildman–Crippen MR) is 99.3 cm³/mol. The summed E-state index contributed by atoms with van der Waals surface area (Å²) < 4.78 is 34.2. The van der Waals surface area contributed by atoms with E-state index in [1.807, 2.05) is 12.1 Å². The molecule has 0 radical (unpaired) electrons. The normalized spacial score (nSPS) is 10.9. The molecule has 0 aliphatic heterocycles. The number of nitrogens with one attached hydrogen (secondary N) is 1. The van der Waals surface area contributed by atoms with Gasteiger partial charge in [-0.25, -0.2) is 0 Å². The molecule has 0 aromatic heterocycles. The SMILES string of the molecule is COc1cc(CN(C)CC(=O)NCc2ccc(Cl)cc2)ccc1OC(F)F. The minimum Gasteiger partial charge on any atom is -0.493 e. The van der Waals surface area contributed by atoms with Crippen molar-refractivity contribution < 1.29 is 23.0 Å². The van der Waals surface area contributed by atoms with E-state index >= 15 is 0 Å². The number of halogens is 3. The highest BCUT2D eigenvalue weighted by atomic mass is 35.5. The molecule has 2 aromatic carbocycles. The second-order valence-electron chi connectivity index (χ2n) is 5.94. The lowest BCUT2D eigenvalue weighted by molar-refractivity contribution is -0.122. The second kappa shape index (κ2) is 10.1. The molecule has 0 heterocycles. The first-order valence-electron chi connectivity index (χ1n) is 8.19. The molecule has 1 amide bonds. The zero-order valence-electron chi connectivity index (χ0n) is 15.0. The molecule has 2 aromatic rings. The van der Waals surface area contributed by atoms with Gasteiger partial charge in [-0.3, -0.25) is 9.69 Å². The van der Waals surface area contributed by atoms with Gasteiger partial charge in [0.2, 0.25) is 5.91 Å². The summed E-state index contributed by atoms with van der Waals surface area (Å²) in [4.78, 5) is 13.9. The van der Waals surface area contributed by atoms with Crippen LogP contribution in [0.25, 0.3) is 0 Å². The number of amides is 1. The number of rotatable bonds is 9. The van der Waals surface area contributed by atoms with Crippen molar-refractivity contribution in [1.82, 2.24) is 10.2 Å². The monoisotopic (exact) mass is 398 g/mol. The summed E-state index contributed by atoms with van der Waals surface area (Å²) in [6.45, 7) is -1.88. The summed E-state index contributed by atoms with van der Waals surface area (Å²) in [6.07, 6.45) is 0. The number of benzene rings is 2. The Morgan fingerprint density at radius 1 is 1.15 bits per heavy atom. The quantitative estimate of drug-likeness (QED) is 0.699. The molecule has 0 atom stereocenters. The van der Waals surface area contributed by atoms with E-state index in [1.54, 1.807) is 36.2 Å². The maximum atomic E-state index is 12.4. The van der Waals surface area contributed by atoms with Crippen LogP contribution in [0.3, 0.4) is 0 Å². The van der Waals surface area contributed by atoms with Crippen LogP contribution in [-0.2, 0) is 17.9 Å². The topological polar surface area (TPSA) is 50.8 Å². The van der Waals surface area contributed by atoms with Crippen LogP contribution in [0.4, 0.5) is 8.78 Å². The highest BCUT2D eigenvalue weighted by molar-refractivity contribution is 6.30. The molecule has 0 saturated carbocycles. The number of hydrogen-bond donors (Lipinski definition) is 1. The number of carbonyl (C=O) groups is 1. The van der Waals surface area contributed by atoms with E-state index in [0.717, 1.165) is 11.1 Å². The van der Waals surface area contributed by atoms with E-state index in [4.69, 9.17) is 16.3 Å². The zero-order valence-corrected chi connectivity index (χ0v) is 15.8. The maximum Gasteiger partial charge on any atom is 0.387 e. The first kappa shape index (κ1) is 20.9.